The van der Waals surface area contributed by atoms with E-state index < -0.39 is 0 Å². The highest BCUT2D eigenvalue weighted by molar-refractivity contribution is 6.11. The maximum atomic E-state index is 13.8. The number of rotatable bonds is 5. The zero-order valence-corrected chi connectivity index (χ0v) is 17.1. The summed E-state index contributed by atoms with van der Waals surface area (Å²) in [5.41, 5.74) is 3.42. The predicted molar refractivity (Wildman–Crippen MR) is 112 cm³/mol. The van der Waals surface area contributed by atoms with Gasteiger partial charge in [-0.2, -0.15) is 5.10 Å². The van der Waals surface area contributed by atoms with E-state index in [1.165, 1.54) is 17.1 Å². The summed E-state index contributed by atoms with van der Waals surface area (Å²) in [5, 5.41) is 6.10. The Labute approximate surface area is 170 Å². The van der Waals surface area contributed by atoms with Crippen molar-refractivity contribution in [1.29, 1.82) is 0 Å². The highest BCUT2D eigenvalue weighted by Gasteiger charge is 2.34. The van der Waals surface area contributed by atoms with Crippen LogP contribution in [0.25, 0.3) is 0 Å². The average Bonchev–Trinajstić information content (AvgIpc) is 2.71. The van der Waals surface area contributed by atoms with E-state index in [0.717, 1.165) is 41.9 Å². The minimum absolute atomic E-state index is 0.00731. The molecule has 2 aromatic rings. The van der Waals surface area contributed by atoms with E-state index in [1.807, 2.05) is 49.3 Å². The van der Waals surface area contributed by atoms with E-state index in [0.29, 0.717) is 12.1 Å². The predicted octanol–water partition coefficient (Wildman–Crippen LogP) is 4.21. The summed E-state index contributed by atoms with van der Waals surface area (Å²) in [4.78, 5) is 14.8. The largest absolute Gasteiger partial charge is 0.475 e. The van der Waals surface area contributed by atoms with Gasteiger partial charge in [-0.1, -0.05) is 13.0 Å². The summed E-state index contributed by atoms with van der Waals surface area (Å²) in [7, 11) is 3.96. The molecule has 6 heteroatoms. The molecular weight excluding hydrogens is 369 g/mol. The Morgan fingerprint density at radius 2 is 2.00 bits per heavy atom. The molecule has 29 heavy (non-hydrogen) atoms. The number of hydrazone groups is 1. The number of benzene rings is 2. The first-order chi connectivity index (χ1) is 14.0. The molecule has 0 N–H and O–H groups in total. The van der Waals surface area contributed by atoms with Crippen LogP contribution in [0.3, 0.4) is 0 Å². The van der Waals surface area contributed by atoms with Gasteiger partial charge in [-0.3, -0.25) is 9.69 Å². The van der Waals surface area contributed by atoms with Gasteiger partial charge in [0.15, 0.2) is 6.23 Å². The Balaban J connectivity index is 1.62. The smallest absolute Gasteiger partial charge is 0.248 e. The van der Waals surface area contributed by atoms with Crippen LogP contribution in [0.15, 0.2) is 47.6 Å². The van der Waals surface area contributed by atoms with Crippen molar-refractivity contribution < 1.29 is 13.9 Å². The molecule has 0 saturated heterocycles. The average molecular weight is 395 g/mol. The molecule has 1 amide bonds. The zero-order chi connectivity index (χ0) is 20.5. The summed E-state index contributed by atoms with van der Waals surface area (Å²) in [6.45, 7) is 2.07. The Morgan fingerprint density at radius 1 is 1.24 bits per heavy atom. The van der Waals surface area contributed by atoms with E-state index in [4.69, 9.17) is 4.74 Å². The van der Waals surface area contributed by atoms with Crippen molar-refractivity contribution in [3.05, 3.63) is 59.4 Å². The minimum Gasteiger partial charge on any atom is -0.475 e. The van der Waals surface area contributed by atoms with Crippen LogP contribution in [0.2, 0.25) is 0 Å². The highest BCUT2D eigenvalue weighted by Crippen LogP contribution is 2.34. The number of fused-ring (bicyclic) bond motifs is 3. The maximum Gasteiger partial charge on any atom is 0.248 e. The summed E-state index contributed by atoms with van der Waals surface area (Å²) in [6, 6.07) is 12.2. The van der Waals surface area contributed by atoms with Crippen LogP contribution in [-0.4, -0.2) is 36.8 Å². The molecule has 0 aromatic heterocycles. The second-order valence-electron chi connectivity index (χ2n) is 7.87. The fourth-order valence-electron chi connectivity index (χ4n) is 4.07. The van der Waals surface area contributed by atoms with Crippen molar-refractivity contribution in [2.75, 3.05) is 19.1 Å². The molecule has 0 fully saturated rings. The number of carbonyl (C=O) groups is 1. The first kappa shape index (κ1) is 19.6. The van der Waals surface area contributed by atoms with Crippen LogP contribution >= 0.6 is 0 Å². The molecule has 2 atom stereocenters. The van der Waals surface area contributed by atoms with Crippen molar-refractivity contribution in [2.45, 2.75) is 38.8 Å². The van der Waals surface area contributed by atoms with Crippen molar-refractivity contribution in [3.63, 3.8) is 0 Å². The number of hydrogen-bond acceptors (Lipinski definition) is 4. The number of nitrogens with zero attached hydrogens (tertiary/aromatic N) is 3. The van der Waals surface area contributed by atoms with Gasteiger partial charge in [-0.05, 0) is 75.3 Å². The first-order valence-corrected chi connectivity index (χ1v) is 10.1. The molecule has 2 aromatic carbocycles. The molecule has 2 unspecified atom stereocenters. The number of anilines is 1. The van der Waals surface area contributed by atoms with Crippen molar-refractivity contribution in [1.82, 2.24) is 4.90 Å². The molecule has 152 valence electrons. The molecule has 0 radical (unpaired) electrons. The van der Waals surface area contributed by atoms with Gasteiger partial charge in [-0.15, -0.1) is 0 Å². The topological polar surface area (TPSA) is 45.1 Å². The molecule has 0 bridgehead atoms. The molecule has 1 aliphatic carbocycles. The van der Waals surface area contributed by atoms with Crippen molar-refractivity contribution in [2.24, 2.45) is 11.0 Å². The monoisotopic (exact) mass is 395 g/mol. The Hall–Kier alpha value is -2.73. The molecule has 1 aliphatic heterocycles. The SMILES string of the molecule is CCC(Oc1ccc(N2N=C3c4cc(F)ccc4CCC3CC2=O)cc1)N(C)C. The summed E-state index contributed by atoms with van der Waals surface area (Å²) < 4.78 is 19.8. The highest BCUT2D eigenvalue weighted by atomic mass is 19.1. The zero-order valence-electron chi connectivity index (χ0n) is 17.1. The molecule has 0 spiro atoms. The lowest BCUT2D eigenvalue weighted by Gasteiger charge is -2.33. The molecule has 2 aliphatic rings. The van der Waals surface area contributed by atoms with Crippen LogP contribution in [0, 0.1) is 11.7 Å². The van der Waals surface area contributed by atoms with E-state index >= 15 is 0 Å². The van der Waals surface area contributed by atoms with Crippen LogP contribution < -0.4 is 9.75 Å². The maximum absolute atomic E-state index is 13.8. The Bertz CT molecular complexity index is 940. The Morgan fingerprint density at radius 3 is 2.69 bits per heavy atom. The van der Waals surface area contributed by atoms with E-state index in [2.05, 4.69) is 12.0 Å². The number of ether oxygens (including phenoxy) is 1. The fraction of sp³-hybridized carbons (Fsp3) is 0.391. The summed E-state index contributed by atoms with van der Waals surface area (Å²) in [5.74, 6) is 0.492. The third-order valence-electron chi connectivity index (χ3n) is 5.64. The third-order valence-corrected chi connectivity index (χ3v) is 5.64. The van der Waals surface area contributed by atoms with Gasteiger partial charge >= 0.3 is 0 Å². The second-order valence-corrected chi connectivity index (χ2v) is 7.87. The Kier molecular flexibility index (Phi) is 5.37. The summed E-state index contributed by atoms with van der Waals surface area (Å²) in [6.07, 6.45) is 2.97. The lowest BCUT2D eigenvalue weighted by Crippen LogP contribution is -2.39. The summed E-state index contributed by atoms with van der Waals surface area (Å²) >= 11 is 0. The second kappa shape index (κ2) is 7.95. The molecular formula is C23H26FN3O2. The van der Waals surface area contributed by atoms with Gasteiger partial charge in [0.1, 0.15) is 11.6 Å². The van der Waals surface area contributed by atoms with Gasteiger partial charge in [0.05, 0.1) is 11.4 Å². The van der Waals surface area contributed by atoms with E-state index in [1.54, 1.807) is 0 Å². The lowest BCUT2D eigenvalue weighted by atomic mass is 9.79. The van der Waals surface area contributed by atoms with Gasteiger partial charge in [0.2, 0.25) is 5.91 Å². The van der Waals surface area contributed by atoms with E-state index in [9.17, 15) is 9.18 Å². The third kappa shape index (κ3) is 3.90. The number of carbonyl (C=O) groups excluding carboxylic acids is 1. The van der Waals surface area contributed by atoms with Crippen molar-refractivity contribution in [3.8, 4) is 5.75 Å². The molecule has 1 heterocycles. The lowest BCUT2D eigenvalue weighted by molar-refractivity contribution is -0.119. The molecule has 5 nitrogen and oxygen atoms in total. The van der Waals surface area contributed by atoms with E-state index in [-0.39, 0.29) is 23.9 Å². The van der Waals surface area contributed by atoms with Crippen molar-refractivity contribution >= 4 is 17.3 Å². The normalized spacial score (nSPS) is 19.5. The quantitative estimate of drug-likeness (QED) is 0.713. The van der Waals surface area contributed by atoms with Crippen LogP contribution in [-0.2, 0) is 11.2 Å². The first-order valence-electron chi connectivity index (χ1n) is 10.1. The standard InChI is InChI=1S/C23H26FN3O2/c1-4-22(26(2)3)29-19-11-9-18(10-12-19)27-21(28)13-16-6-5-15-7-8-17(24)14-20(15)23(16)25-27/h7-12,14,16,22H,4-6,13H2,1-3H3. The van der Waals surface area contributed by atoms with Gasteiger partial charge in [0, 0.05) is 17.9 Å². The van der Waals surface area contributed by atoms with Crippen LogP contribution in [0.4, 0.5) is 10.1 Å². The van der Waals surface area contributed by atoms with Crippen LogP contribution in [0.1, 0.15) is 37.3 Å². The van der Waals surface area contributed by atoms with Gasteiger partial charge in [0.25, 0.3) is 0 Å². The van der Waals surface area contributed by atoms with Gasteiger partial charge in [-0.25, -0.2) is 9.40 Å². The number of halogens is 1. The number of amides is 1. The molecule has 0 saturated carbocycles. The molecule has 4 rings (SSSR count). The number of aryl methyl sites for hydroxylation is 1. The fourth-order valence-corrected chi connectivity index (χ4v) is 4.07. The number of hydrogen-bond donors (Lipinski definition) is 0. The van der Waals surface area contributed by atoms with Crippen LogP contribution in [0.5, 0.6) is 5.75 Å². The minimum atomic E-state index is -0.275. The van der Waals surface area contributed by atoms with Gasteiger partial charge < -0.3 is 4.74 Å².